The third-order valence-electron chi connectivity index (χ3n) is 5.68. The second-order valence-electron chi connectivity index (χ2n) is 8.54. The van der Waals surface area contributed by atoms with E-state index in [1.54, 1.807) is 5.38 Å². The van der Waals surface area contributed by atoms with E-state index in [0.29, 0.717) is 10.9 Å². The second kappa shape index (κ2) is 11.8. The molecule has 1 aliphatic rings. The molecule has 3 heterocycles. The monoisotopic (exact) mass is 650 g/mol. The van der Waals surface area contributed by atoms with E-state index < -0.39 is 21.8 Å². The van der Waals surface area contributed by atoms with E-state index in [0.717, 1.165) is 41.3 Å². The molecule has 0 saturated carbocycles. The molecule has 2 aromatic carbocycles. The van der Waals surface area contributed by atoms with Crippen LogP contribution in [0, 0.1) is 0 Å². The largest absolute Gasteiger partial charge is 0.457 e. The fourth-order valence-electron chi connectivity index (χ4n) is 3.73. The van der Waals surface area contributed by atoms with Crippen molar-refractivity contribution in [1.29, 1.82) is 0 Å². The van der Waals surface area contributed by atoms with Gasteiger partial charge in [-0.25, -0.2) is 18.4 Å². The van der Waals surface area contributed by atoms with E-state index in [1.165, 1.54) is 59.6 Å². The van der Waals surface area contributed by atoms with Crippen molar-refractivity contribution >= 4 is 72.7 Å². The number of hydrogen-bond acceptors (Lipinski definition) is 8. The topological polar surface area (TPSA) is 105 Å². The first kappa shape index (κ1) is 29.6. The molecule has 5 rings (SSSR count). The van der Waals surface area contributed by atoms with Gasteiger partial charge in [-0.3, -0.25) is 14.4 Å². The minimum absolute atomic E-state index is 0.00910. The molecule has 2 aromatic heterocycles. The van der Waals surface area contributed by atoms with Crippen LogP contribution in [-0.2, 0) is 21.0 Å². The lowest BCUT2D eigenvalue weighted by Crippen LogP contribution is -2.29. The third kappa shape index (κ3) is 6.46. The van der Waals surface area contributed by atoms with Gasteiger partial charge >= 0.3 is 6.18 Å². The van der Waals surface area contributed by atoms with Crippen LogP contribution < -0.4 is 4.72 Å². The highest BCUT2D eigenvalue weighted by molar-refractivity contribution is 8.18. The zero-order valence-corrected chi connectivity index (χ0v) is 24.3. The van der Waals surface area contributed by atoms with Crippen LogP contribution in [0.25, 0.3) is 17.4 Å². The number of alkyl halides is 3. The SMILES string of the molecule is C=CCN1C(=O)/C(=C/c2ccc(-c3cc(C(F)(F)F)ccc3Cl)o2)SC1=Nc1ccc(S(=O)(=O)Nc2nccs2)cc1. The summed E-state index contributed by atoms with van der Waals surface area (Å²) < 4.78 is 72.9. The van der Waals surface area contributed by atoms with Gasteiger partial charge in [0, 0.05) is 29.8 Å². The quantitative estimate of drug-likeness (QED) is 0.155. The predicted molar refractivity (Wildman–Crippen MR) is 158 cm³/mol. The summed E-state index contributed by atoms with van der Waals surface area (Å²) in [4.78, 5) is 23.2. The number of aliphatic imine (C=N–C) groups is 1. The van der Waals surface area contributed by atoms with Crippen LogP contribution in [0.3, 0.4) is 0 Å². The maximum absolute atomic E-state index is 13.2. The van der Waals surface area contributed by atoms with Crippen LogP contribution >= 0.6 is 34.7 Å². The molecular formula is C27H18ClF3N4O4S3. The number of furan rings is 1. The summed E-state index contributed by atoms with van der Waals surface area (Å²) >= 11 is 8.32. The maximum Gasteiger partial charge on any atom is 0.416 e. The van der Waals surface area contributed by atoms with Crippen molar-refractivity contribution in [2.24, 2.45) is 4.99 Å². The van der Waals surface area contributed by atoms with Gasteiger partial charge in [0.2, 0.25) is 0 Å². The second-order valence-corrected chi connectivity index (χ2v) is 12.5. The number of aromatic nitrogens is 1. The normalized spacial score (nSPS) is 16.0. The maximum atomic E-state index is 13.2. The molecule has 1 aliphatic heterocycles. The fourth-order valence-corrected chi connectivity index (χ4v) is 6.72. The van der Waals surface area contributed by atoms with Crippen molar-refractivity contribution in [3.8, 4) is 11.3 Å². The number of carbonyl (C=O) groups excluding carboxylic acids is 1. The molecule has 42 heavy (non-hydrogen) atoms. The molecule has 1 saturated heterocycles. The number of sulfonamides is 1. The number of thiazole rings is 1. The van der Waals surface area contributed by atoms with Gasteiger partial charge < -0.3 is 4.42 Å². The molecule has 1 amide bonds. The summed E-state index contributed by atoms with van der Waals surface area (Å²) in [5, 5.41) is 2.27. The number of carbonyl (C=O) groups is 1. The highest BCUT2D eigenvalue weighted by Gasteiger charge is 2.33. The molecule has 1 N–H and O–H groups in total. The van der Waals surface area contributed by atoms with Crippen LogP contribution in [0.1, 0.15) is 11.3 Å². The zero-order chi connectivity index (χ0) is 30.1. The number of anilines is 1. The zero-order valence-electron chi connectivity index (χ0n) is 21.1. The highest BCUT2D eigenvalue weighted by Crippen LogP contribution is 2.38. The summed E-state index contributed by atoms with van der Waals surface area (Å²) in [7, 11) is -3.85. The first-order chi connectivity index (χ1) is 19.9. The standard InChI is InChI=1S/C27H18ClF3N4O4S3/c1-2-12-35-24(36)23(15-18-6-10-22(39-18)20-14-16(27(29,30)31)3-9-21(20)28)41-26(35)33-17-4-7-19(8-5-17)42(37,38)34-25-32-11-13-40-25/h2-11,13-15H,1,12H2,(H,32,34)/b23-15-,33-26?. The molecule has 8 nitrogen and oxygen atoms in total. The fraction of sp³-hybridized carbons (Fsp3) is 0.0741. The molecule has 0 bridgehead atoms. The van der Waals surface area contributed by atoms with Gasteiger partial charge in [0.1, 0.15) is 11.5 Å². The van der Waals surface area contributed by atoms with Gasteiger partial charge in [0.05, 0.1) is 26.1 Å². The Balaban J connectivity index is 1.39. The summed E-state index contributed by atoms with van der Waals surface area (Å²) in [6, 6.07) is 11.7. The molecule has 0 atom stereocenters. The molecule has 0 unspecified atom stereocenters. The Kier molecular flexibility index (Phi) is 8.32. The molecule has 4 aromatic rings. The molecular weight excluding hydrogens is 633 g/mol. The van der Waals surface area contributed by atoms with Crippen molar-refractivity contribution < 1.29 is 30.8 Å². The van der Waals surface area contributed by atoms with Crippen molar-refractivity contribution in [1.82, 2.24) is 9.88 Å². The van der Waals surface area contributed by atoms with E-state index in [-0.39, 0.29) is 49.5 Å². The number of nitrogens with one attached hydrogen (secondary N) is 1. The first-order valence-electron chi connectivity index (χ1n) is 11.8. The minimum Gasteiger partial charge on any atom is -0.457 e. The third-order valence-corrected chi connectivity index (χ3v) is 9.19. The lowest BCUT2D eigenvalue weighted by molar-refractivity contribution is -0.137. The molecule has 1 fully saturated rings. The average Bonchev–Trinajstić information content (AvgIpc) is 3.68. The van der Waals surface area contributed by atoms with Crippen LogP contribution in [-0.4, -0.2) is 35.9 Å². The Morgan fingerprint density at radius 3 is 2.57 bits per heavy atom. The van der Waals surface area contributed by atoms with Crippen LogP contribution in [0.2, 0.25) is 5.02 Å². The lowest BCUT2D eigenvalue weighted by atomic mass is 10.1. The van der Waals surface area contributed by atoms with Crippen molar-refractivity contribution in [3.63, 3.8) is 0 Å². The first-order valence-corrected chi connectivity index (χ1v) is 15.4. The predicted octanol–water partition coefficient (Wildman–Crippen LogP) is 7.67. The van der Waals surface area contributed by atoms with E-state index >= 15 is 0 Å². The van der Waals surface area contributed by atoms with E-state index in [9.17, 15) is 26.4 Å². The Morgan fingerprint density at radius 1 is 1.14 bits per heavy atom. The number of benzene rings is 2. The summed E-state index contributed by atoms with van der Waals surface area (Å²) in [6.45, 7) is 3.83. The van der Waals surface area contributed by atoms with Crippen LogP contribution in [0.4, 0.5) is 24.0 Å². The van der Waals surface area contributed by atoms with Crippen LogP contribution in [0.15, 0.2) is 98.0 Å². The van der Waals surface area contributed by atoms with Crippen molar-refractivity contribution in [2.45, 2.75) is 11.1 Å². The molecule has 0 aliphatic carbocycles. The Bertz CT molecular complexity index is 1820. The van der Waals surface area contributed by atoms with Crippen molar-refractivity contribution in [3.05, 3.63) is 100 Å². The lowest BCUT2D eigenvalue weighted by Gasteiger charge is -2.12. The summed E-state index contributed by atoms with van der Waals surface area (Å²) in [6.07, 6.45) is -0.0913. The van der Waals surface area contributed by atoms with Gasteiger partial charge in [-0.05, 0) is 66.4 Å². The number of halogens is 4. The van der Waals surface area contributed by atoms with Crippen LogP contribution in [0.5, 0.6) is 0 Å². The molecule has 216 valence electrons. The van der Waals surface area contributed by atoms with Gasteiger partial charge in [-0.2, -0.15) is 13.2 Å². The molecule has 15 heteroatoms. The minimum atomic E-state index is -4.55. The number of amidine groups is 1. The molecule has 0 spiro atoms. The van der Waals surface area contributed by atoms with Crippen molar-refractivity contribution in [2.75, 3.05) is 11.3 Å². The summed E-state index contributed by atoms with van der Waals surface area (Å²) in [5.74, 6) is -0.0680. The van der Waals surface area contributed by atoms with E-state index in [1.807, 2.05) is 0 Å². The van der Waals surface area contributed by atoms with E-state index in [4.69, 9.17) is 16.0 Å². The number of amides is 1. The Hall–Kier alpha value is -3.85. The smallest absolute Gasteiger partial charge is 0.416 e. The number of rotatable bonds is 8. The van der Waals surface area contributed by atoms with Gasteiger partial charge in [-0.1, -0.05) is 17.7 Å². The van der Waals surface area contributed by atoms with Gasteiger partial charge in [0.15, 0.2) is 10.3 Å². The summed E-state index contributed by atoms with van der Waals surface area (Å²) in [5.41, 5.74) is -0.417. The number of nitrogens with zero attached hydrogens (tertiary/aromatic N) is 3. The van der Waals surface area contributed by atoms with Gasteiger partial charge in [-0.15, -0.1) is 17.9 Å². The Morgan fingerprint density at radius 2 is 1.90 bits per heavy atom. The number of thioether (sulfide) groups is 1. The number of hydrogen-bond donors (Lipinski definition) is 1. The van der Waals surface area contributed by atoms with Gasteiger partial charge in [0.25, 0.3) is 15.9 Å². The van der Waals surface area contributed by atoms with E-state index in [2.05, 4.69) is 21.3 Å². The Labute approximate surface area is 251 Å². The molecule has 0 radical (unpaired) electrons. The average molecular weight is 651 g/mol. The highest BCUT2D eigenvalue weighted by atomic mass is 35.5.